The Labute approximate surface area is 103 Å². The molecular weight excluding hydrogens is 218 g/mol. The smallest absolute Gasteiger partial charge is 0.0914 e. The van der Waals surface area contributed by atoms with Gasteiger partial charge in [0.25, 0.3) is 0 Å². The maximum atomic E-state index is 5.85. The molecule has 0 aromatic rings. The van der Waals surface area contributed by atoms with Gasteiger partial charge in [0.2, 0.25) is 0 Å². The Kier molecular flexibility index (Phi) is 4.42. The van der Waals surface area contributed by atoms with Gasteiger partial charge in [-0.15, -0.1) is 0 Å². The van der Waals surface area contributed by atoms with E-state index in [0.717, 1.165) is 45.5 Å². The van der Waals surface area contributed by atoms with Crippen molar-refractivity contribution in [3.05, 3.63) is 11.8 Å². The standard InChI is InChI=1S/C13H23NO3/c1-14-12(11-4-3-7-17-10-11)13(15-2)5-8-16-9-6-13/h10,12,14H,3-9H2,1-2H3. The van der Waals surface area contributed by atoms with Gasteiger partial charge in [0.15, 0.2) is 0 Å². The Morgan fingerprint density at radius 3 is 2.65 bits per heavy atom. The van der Waals surface area contributed by atoms with Crippen LogP contribution in [0.1, 0.15) is 25.7 Å². The zero-order valence-corrected chi connectivity index (χ0v) is 10.8. The van der Waals surface area contributed by atoms with Gasteiger partial charge in [0.05, 0.1) is 24.5 Å². The molecule has 0 saturated carbocycles. The normalized spacial score (nSPS) is 25.9. The molecule has 1 saturated heterocycles. The molecule has 1 unspecified atom stereocenters. The van der Waals surface area contributed by atoms with Crippen molar-refractivity contribution in [3.63, 3.8) is 0 Å². The fourth-order valence-electron chi connectivity index (χ4n) is 2.91. The highest BCUT2D eigenvalue weighted by Gasteiger charge is 2.42. The topological polar surface area (TPSA) is 39.7 Å². The van der Waals surface area contributed by atoms with E-state index < -0.39 is 0 Å². The number of likely N-dealkylation sites (N-methyl/N-ethyl adjacent to an activating group) is 1. The zero-order chi connectivity index (χ0) is 12.1. The first-order chi connectivity index (χ1) is 8.32. The van der Waals surface area contributed by atoms with Crippen molar-refractivity contribution in [2.24, 2.45) is 0 Å². The Hall–Kier alpha value is -0.580. The van der Waals surface area contributed by atoms with Crippen LogP contribution in [0.2, 0.25) is 0 Å². The van der Waals surface area contributed by atoms with Crippen molar-refractivity contribution in [2.75, 3.05) is 34.0 Å². The molecule has 1 atom stereocenters. The molecule has 17 heavy (non-hydrogen) atoms. The number of methoxy groups -OCH3 is 1. The van der Waals surface area contributed by atoms with Crippen molar-refractivity contribution in [1.29, 1.82) is 0 Å². The highest BCUT2D eigenvalue weighted by atomic mass is 16.5. The summed E-state index contributed by atoms with van der Waals surface area (Å²) in [6.45, 7) is 2.39. The van der Waals surface area contributed by atoms with Crippen molar-refractivity contribution in [1.82, 2.24) is 5.32 Å². The molecule has 4 heteroatoms. The summed E-state index contributed by atoms with van der Waals surface area (Å²) < 4.78 is 16.8. The van der Waals surface area contributed by atoms with Gasteiger partial charge in [-0.25, -0.2) is 0 Å². The van der Waals surface area contributed by atoms with Crippen molar-refractivity contribution < 1.29 is 14.2 Å². The average Bonchev–Trinajstić information content (AvgIpc) is 2.42. The molecule has 0 spiro atoms. The average molecular weight is 241 g/mol. The number of hydrogen-bond acceptors (Lipinski definition) is 4. The Morgan fingerprint density at radius 2 is 2.12 bits per heavy atom. The first-order valence-corrected chi connectivity index (χ1v) is 6.43. The number of rotatable bonds is 4. The summed E-state index contributed by atoms with van der Waals surface area (Å²) >= 11 is 0. The van der Waals surface area contributed by atoms with Gasteiger partial charge in [-0.2, -0.15) is 0 Å². The van der Waals surface area contributed by atoms with Crippen LogP contribution in [0.5, 0.6) is 0 Å². The van der Waals surface area contributed by atoms with E-state index >= 15 is 0 Å². The third-order valence-corrected chi connectivity index (χ3v) is 3.89. The molecule has 0 radical (unpaired) electrons. The molecule has 1 fully saturated rings. The summed E-state index contributed by atoms with van der Waals surface area (Å²) in [7, 11) is 3.80. The zero-order valence-electron chi connectivity index (χ0n) is 10.8. The van der Waals surface area contributed by atoms with E-state index in [9.17, 15) is 0 Å². The van der Waals surface area contributed by atoms with Gasteiger partial charge >= 0.3 is 0 Å². The van der Waals surface area contributed by atoms with E-state index in [2.05, 4.69) is 5.32 Å². The summed E-state index contributed by atoms with van der Waals surface area (Å²) in [5, 5.41) is 3.40. The molecule has 0 aliphatic carbocycles. The summed E-state index contributed by atoms with van der Waals surface area (Å²) in [5.74, 6) is 0. The van der Waals surface area contributed by atoms with E-state index in [4.69, 9.17) is 14.2 Å². The Balaban J connectivity index is 2.16. The lowest BCUT2D eigenvalue weighted by Gasteiger charge is -2.43. The second-order valence-electron chi connectivity index (χ2n) is 4.77. The molecule has 2 aliphatic heterocycles. The maximum Gasteiger partial charge on any atom is 0.0914 e. The molecule has 0 aromatic heterocycles. The predicted molar refractivity (Wildman–Crippen MR) is 65.9 cm³/mol. The first kappa shape index (κ1) is 12.9. The molecule has 98 valence electrons. The number of ether oxygens (including phenoxy) is 3. The fourth-order valence-corrected chi connectivity index (χ4v) is 2.91. The van der Waals surface area contributed by atoms with Crippen LogP contribution < -0.4 is 5.32 Å². The van der Waals surface area contributed by atoms with Gasteiger partial charge in [0, 0.05) is 33.2 Å². The summed E-state index contributed by atoms with van der Waals surface area (Å²) in [5.41, 5.74) is 1.18. The van der Waals surface area contributed by atoms with Crippen LogP contribution in [0, 0.1) is 0 Å². The van der Waals surface area contributed by atoms with E-state index in [-0.39, 0.29) is 11.6 Å². The van der Waals surface area contributed by atoms with Crippen molar-refractivity contribution >= 4 is 0 Å². The van der Waals surface area contributed by atoms with Gasteiger partial charge in [-0.3, -0.25) is 0 Å². The number of hydrogen-bond donors (Lipinski definition) is 1. The van der Waals surface area contributed by atoms with E-state index in [0.29, 0.717) is 0 Å². The van der Waals surface area contributed by atoms with Crippen LogP contribution in [0.25, 0.3) is 0 Å². The molecule has 0 amide bonds. The summed E-state index contributed by atoms with van der Waals surface area (Å²) in [4.78, 5) is 0. The molecule has 2 aliphatic rings. The van der Waals surface area contributed by atoms with Gasteiger partial charge < -0.3 is 19.5 Å². The molecule has 1 N–H and O–H groups in total. The van der Waals surface area contributed by atoms with Crippen LogP contribution in [0.3, 0.4) is 0 Å². The van der Waals surface area contributed by atoms with Crippen LogP contribution in [-0.4, -0.2) is 45.6 Å². The first-order valence-electron chi connectivity index (χ1n) is 6.43. The second kappa shape index (κ2) is 5.85. The monoisotopic (exact) mass is 241 g/mol. The predicted octanol–water partition coefficient (Wildman–Crippen LogP) is 1.46. The van der Waals surface area contributed by atoms with E-state index in [1.807, 2.05) is 13.3 Å². The molecule has 4 nitrogen and oxygen atoms in total. The van der Waals surface area contributed by atoms with Crippen LogP contribution in [-0.2, 0) is 14.2 Å². The molecule has 0 bridgehead atoms. The largest absolute Gasteiger partial charge is 0.501 e. The van der Waals surface area contributed by atoms with Gasteiger partial charge in [-0.05, 0) is 25.5 Å². The van der Waals surface area contributed by atoms with Crippen LogP contribution in [0.4, 0.5) is 0 Å². The van der Waals surface area contributed by atoms with Gasteiger partial charge in [-0.1, -0.05) is 0 Å². The van der Waals surface area contributed by atoms with Crippen LogP contribution >= 0.6 is 0 Å². The Bertz CT molecular complexity index is 272. The lowest BCUT2D eigenvalue weighted by Crippen LogP contribution is -2.55. The molecular formula is C13H23NO3. The van der Waals surface area contributed by atoms with E-state index in [1.165, 1.54) is 5.57 Å². The highest BCUT2D eigenvalue weighted by Crippen LogP contribution is 2.33. The maximum absolute atomic E-state index is 5.85. The third-order valence-electron chi connectivity index (χ3n) is 3.89. The highest BCUT2D eigenvalue weighted by molar-refractivity contribution is 5.17. The minimum Gasteiger partial charge on any atom is -0.501 e. The summed E-state index contributed by atoms with van der Waals surface area (Å²) in [6, 6.07) is 0.233. The quantitative estimate of drug-likeness (QED) is 0.809. The Morgan fingerprint density at radius 1 is 1.35 bits per heavy atom. The minimum absolute atomic E-state index is 0.139. The molecule has 2 rings (SSSR count). The fraction of sp³-hybridized carbons (Fsp3) is 0.846. The van der Waals surface area contributed by atoms with Gasteiger partial charge in [0.1, 0.15) is 0 Å². The lowest BCUT2D eigenvalue weighted by atomic mass is 9.80. The molecule has 0 aromatic carbocycles. The van der Waals surface area contributed by atoms with Crippen molar-refractivity contribution in [2.45, 2.75) is 37.3 Å². The van der Waals surface area contributed by atoms with E-state index in [1.54, 1.807) is 7.11 Å². The lowest BCUT2D eigenvalue weighted by molar-refractivity contribution is -0.104. The summed E-state index contributed by atoms with van der Waals surface area (Å²) in [6.07, 6.45) is 5.98. The number of nitrogens with one attached hydrogen (secondary N) is 1. The molecule has 2 heterocycles. The minimum atomic E-state index is -0.139. The van der Waals surface area contributed by atoms with Crippen molar-refractivity contribution in [3.8, 4) is 0 Å². The SMILES string of the molecule is CNC(C1=COCCC1)C1(OC)CCOCC1. The third kappa shape index (κ3) is 2.64. The van der Waals surface area contributed by atoms with Crippen LogP contribution in [0.15, 0.2) is 11.8 Å². The second-order valence-corrected chi connectivity index (χ2v) is 4.77.